The van der Waals surface area contributed by atoms with Gasteiger partial charge in [0.1, 0.15) is 22.4 Å². The summed E-state index contributed by atoms with van der Waals surface area (Å²) in [6.45, 7) is 3.87. The van der Waals surface area contributed by atoms with Crippen molar-refractivity contribution in [1.29, 1.82) is 0 Å². The number of halogens is 2. The lowest BCUT2D eigenvalue weighted by Crippen LogP contribution is -2.45. The molecule has 1 saturated heterocycles. The molecule has 0 atom stereocenters. The first-order valence-electron chi connectivity index (χ1n) is 7.47. The van der Waals surface area contributed by atoms with E-state index in [1.165, 1.54) is 23.0 Å². The maximum Gasteiger partial charge on any atom is 0.270 e. The molecule has 2 heterocycles. The Morgan fingerprint density at radius 3 is 2.70 bits per heavy atom. The number of nitrogens with zero attached hydrogens (tertiary/aromatic N) is 4. The summed E-state index contributed by atoms with van der Waals surface area (Å²) in [6, 6.07) is 6.24. The van der Waals surface area contributed by atoms with Crippen LogP contribution in [0, 0.1) is 5.82 Å². The number of benzene rings is 1. The molecule has 1 aliphatic rings. The molecule has 0 amide bonds. The third-order valence-corrected chi connectivity index (χ3v) is 4.70. The van der Waals surface area contributed by atoms with E-state index < -0.39 is 0 Å². The SMILES string of the molecule is CN1CCN(c2ncn(Cc3cccc(F)c3)c(=O)c2Br)CC1. The topological polar surface area (TPSA) is 41.4 Å². The number of hydrogen-bond donors (Lipinski definition) is 0. The van der Waals surface area contributed by atoms with E-state index in [9.17, 15) is 9.18 Å². The van der Waals surface area contributed by atoms with E-state index in [0.717, 1.165) is 31.7 Å². The van der Waals surface area contributed by atoms with E-state index in [0.29, 0.717) is 16.8 Å². The average molecular weight is 381 g/mol. The molecule has 23 heavy (non-hydrogen) atoms. The molecule has 1 aromatic heterocycles. The molecule has 1 fully saturated rings. The van der Waals surface area contributed by atoms with Crippen LogP contribution in [-0.2, 0) is 6.54 Å². The lowest BCUT2D eigenvalue weighted by atomic mass is 10.2. The molecule has 1 aromatic carbocycles. The Morgan fingerprint density at radius 2 is 2.00 bits per heavy atom. The Labute approximate surface area is 142 Å². The number of rotatable bonds is 3. The van der Waals surface area contributed by atoms with Crippen molar-refractivity contribution in [2.24, 2.45) is 0 Å². The molecule has 2 aromatic rings. The van der Waals surface area contributed by atoms with Crippen LogP contribution >= 0.6 is 15.9 Å². The zero-order valence-corrected chi connectivity index (χ0v) is 14.5. The van der Waals surface area contributed by atoms with Crippen molar-refractivity contribution in [2.45, 2.75) is 6.54 Å². The van der Waals surface area contributed by atoms with Crippen molar-refractivity contribution < 1.29 is 4.39 Å². The van der Waals surface area contributed by atoms with E-state index in [1.807, 2.05) is 0 Å². The predicted molar refractivity (Wildman–Crippen MR) is 91.4 cm³/mol. The Bertz CT molecular complexity index is 756. The second kappa shape index (κ2) is 6.80. The molecule has 7 heteroatoms. The molecule has 0 aliphatic carbocycles. The highest BCUT2D eigenvalue weighted by atomic mass is 79.9. The summed E-state index contributed by atoms with van der Waals surface area (Å²) in [5, 5.41) is 0. The van der Waals surface area contributed by atoms with Gasteiger partial charge in [-0.3, -0.25) is 9.36 Å². The molecule has 122 valence electrons. The van der Waals surface area contributed by atoms with Crippen LogP contribution in [0.4, 0.5) is 10.2 Å². The van der Waals surface area contributed by atoms with E-state index in [2.05, 4.69) is 37.8 Å². The van der Waals surface area contributed by atoms with Gasteiger partial charge in [0.15, 0.2) is 0 Å². The zero-order chi connectivity index (χ0) is 16.4. The second-order valence-electron chi connectivity index (χ2n) is 5.74. The van der Waals surface area contributed by atoms with Gasteiger partial charge in [0, 0.05) is 26.2 Å². The first-order valence-corrected chi connectivity index (χ1v) is 8.27. The monoisotopic (exact) mass is 380 g/mol. The summed E-state index contributed by atoms with van der Waals surface area (Å²) < 4.78 is 15.2. The smallest absolute Gasteiger partial charge is 0.270 e. The van der Waals surface area contributed by atoms with Crippen LogP contribution in [0.3, 0.4) is 0 Å². The van der Waals surface area contributed by atoms with Crippen LogP contribution in [-0.4, -0.2) is 47.7 Å². The van der Waals surface area contributed by atoms with Gasteiger partial charge in [-0.25, -0.2) is 9.37 Å². The summed E-state index contributed by atoms with van der Waals surface area (Å²) in [5.41, 5.74) is 0.575. The molecule has 0 unspecified atom stereocenters. The van der Waals surface area contributed by atoms with E-state index >= 15 is 0 Å². The highest BCUT2D eigenvalue weighted by Gasteiger charge is 2.20. The second-order valence-corrected chi connectivity index (χ2v) is 6.53. The van der Waals surface area contributed by atoms with Crippen molar-refractivity contribution >= 4 is 21.7 Å². The number of anilines is 1. The minimum Gasteiger partial charge on any atom is -0.353 e. The Hall–Kier alpha value is -1.73. The van der Waals surface area contributed by atoms with Gasteiger partial charge in [0.2, 0.25) is 0 Å². The lowest BCUT2D eigenvalue weighted by Gasteiger charge is -2.33. The van der Waals surface area contributed by atoms with Crippen LogP contribution in [0.5, 0.6) is 0 Å². The Morgan fingerprint density at radius 1 is 1.26 bits per heavy atom. The van der Waals surface area contributed by atoms with E-state index in [4.69, 9.17) is 0 Å². The molecular formula is C16H18BrFN4O. The van der Waals surface area contributed by atoms with Crippen molar-refractivity contribution in [3.05, 3.63) is 56.8 Å². The van der Waals surface area contributed by atoms with Gasteiger partial charge in [-0.15, -0.1) is 0 Å². The molecular weight excluding hydrogens is 363 g/mol. The standard InChI is InChI=1S/C16H18BrFN4O/c1-20-5-7-21(8-6-20)15-14(17)16(23)22(11-19-15)10-12-3-2-4-13(18)9-12/h2-4,9,11H,5-8,10H2,1H3. The molecule has 1 aliphatic heterocycles. The Kier molecular flexibility index (Phi) is 4.77. The molecule has 0 radical (unpaired) electrons. The van der Waals surface area contributed by atoms with Gasteiger partial charge >= 0.3 is 0 Å². The van der Waals surface area contributed by atoms with Crippen molar-refractivity contribution in [1.82, 2.24) is 14.5 Å². The van der Waals surface area contributed by atoms with Gasteiger partial charge in [-0.05, 0) is 40.7 Å². The molecule has 3 rings (SSSR count). The van der Waals surface area contributed by atoms with E-state index in [1.54, 1.807) is 12.1 Å². The van der Waals surface area contributed by atoms with Crippen LogP contribution in [0.15, 0.2) is 39.9 Å². The maximum absolute atomic E-state index is 13.3. The van der Waals surface area contributed by atoms with Gasteiger partial charge in [-0.2, -0.15) is 0 Å². The van der Waals surface area contributed by atoms with Crippen LogP contribution in [0.1, 0.15) is 5.56 Å². The number of piperazine rings is 1. The molecule has 0 N–H and O–H groups in total. The zero-order valence-electron chi connectivity index (χ0n) is 12.9. The third-order valence-electron chi connectivity index (χ3n) is 4.01. The van der Waals surface area contributed by atoms with Crippen molar-refractivity contribution in [3.63, 3.8) is 0 Å². The fraction of sp³-hybridized carbons (Fsp3) is 0.375. The van der Waals surface area contributed by atoms with Gasteiger partial charge in [0.05, 0.1) is 6.54 Å². The highest BCUT2D eigenvalue weighted by molar-refractivity contribution is 9.10. The number of aromatic nitrogens is 2. The fourth-order valence-corrected chi connectivity index (χ4v) is 3.22. The van der Waals surface area contributed by atoms with Gasteiger partial charge in [-0.1, -0.05) is 12.1 Å². The van der Waals surface area contributed by atoms with Gasteiger partial charge < -0.3 is 9.80 Å². The lowest BCUT2D eigenvalue weighted by molar-refractivity contribution is 0.311. The summed E-state index contributed by atoms with van der Waals surface area (Å²) in [6.07, 6.45) is 1.53. The van der Waals surface area contributed by atoms with Gasteiger partial charge in [0.25, 0.3) is 5.56 Å². The quantitative estimate of drug-likeness (QED) is 0.815. The summed E-state index contributed by atoms with van der Waals surface area (Å²) in [7, 11) is 2.08. The normalized spacial score (nSPS) is 15.9. The first-order chi connectivity index (χ1) is 11.0. The van der Waals surface area contributed by atoms with Crippen LogP contribution in [0.2, 0.25) is 0 Å². The van der Waals surface area contributed by atoms with Crippen molar-refractivity contribution in [3.8, 4) is 0 Å². The molecule has 0 saturated carbocycles. The Balaban J connectivity index is 1.84. The first kappa shape index (κ1) is 16.1. The van der Waals surface area contributed by atoms with Crippen LogP contribution in [0.25, 0.3) is 0 Å². The van der Waals surface area contributed by atoms with E-state index in [-0.39, 0.29) is 11.4 Å². The molecule has 0 spiro atoms. The summed E-state index contributed by atoms with van der Waals surface area (Å²) in [5.74, 6) is 0.371. The molecule has 5 nitrogen and oxygen atoms in total. The highest BCUT2D eigenvalue weighted by Crippen LogP contribution is 2.21. The maximum atomic E-state index is 13.3. The average Bonchev–Trinajstić information content (AvgIpc) is 2.53. The molecule has 0 bridgehead atoms. The number of hydrogen-bond acceptors (Lipinski definition) is 4. The minimum absolute atomic E-state index is 0.154. The predicted octanol–water partition coefficient (Wildman–Crippen LogP) is 1.94. The fourth-order valence-electron chi connectivity index (χ4n) is 2.64. The van der Waals surface area contributed by atoms with Crippen LogP contribution < -0.4 is 10.5 Å². The summed E-state index contributed by atoms with van der Waals surface area (Å²) >= 11 is 3.38. The number of likely N-dealkylation sites (N-methyl/N-ethyl adjacent to an activating group) is 1. The van der Waals surface area contributed by atoms with Crippen molar-refractivity contribution in [2.75, 3.05) is 38.1 Å². The largest absolute Gasteiger partial charge is 0.353 e. The summed E-state index contributed by atoms with van der Waals surface area (Å²) in [4.78, 5) is 21.3. The minimum atomic E-state index is -0.309. The third kappa shape index (κ3) is 3.61.